The van der Waals surface area contributed by atoms with Crippen molar-refractivity contribution in [3.8, 4) is 0 Å². The smallest absolute Gasteiger partial charge is 0.171 e. The number of Topliss-reactive ketones (excluding diaryl/α,β-unsaturated/α-hetero) is 1. The number of aromatic nitrogens is 1. The number of hydrogen-bond donors (Lipinski definition) is 0. The molecule has 0 saturated heterocycles. The molecule has 0 atom stereocenters. The zero-order chi connectivity index (χ0) is 12.8. The van der Waals surface area contributed by atoms with E-state index >= 15 is 0 Å². The molecule has 0 N–H and O–H groups in total. The number of carbonyl (C=O) groups excluding carboxylic acids is 1. The molecule has 18 heavy (non-hydrogen) atoms. The lowest BCUT2D eigenvalue weighted by Crippen LogP contribution is -2.07. The molecule has 2 aromatic rings. The zero-order valence-electron chi connectivity index (χ0n) is 10.6. The third-order valence-electron chi connectivity index (χ3n) is 3.60. The van der Waals surface area contributed by atoms with E-state index in [2.05, 4.69) is 29.2 Å². The second-order valence-corrected chi connectivity index (χ2v) is 5.94. The van der Waals surface area contributed by atoms with E-state index in [0.717, 1.165) is 28.4 Å². The van der Waals surface area contributed by atoms with E-state index in [1.807, 2.05) is 13.0 Å². The summed E-state index contributed by atoms with van der Waals surface area (Å²) < 4.78 is 0. The molecule has 1 aliphatic rings. The molecule has 1 heterocycles. The van der Waals surface area contributed by atoms with Crippen molar-refractivity contribution < 1.29 is 4.79 Å². The van der Waals surface area contributed by atoms with E-state index in [1.54, 1.807) is 18.3 Å². The second-order valence-electron chi connectivity index (χ2n) is 4.94. The van der Waals surface area contributed by atoms with E-state index in [4.69, 9.17) is 0 Å². The SMILES string of the molecule is CC(=O)c1sc(C2(c3ccccc3)CC2)nc1C. The van der Waals surface area contributed by atoms with E-state index in [1.165, 1.54) is 5.56 Å². The van der Waals surface area contributed by atoms with E-state index in [9.17, 15) is 4.79 Å². The molecule has 0 spiro atoms. The lowest BCUT2D eigenvalue weighted by molar-refractivity contribution is 0.102. The van der Waals surface area contributed by atoms with Gasteiger partial charge in [-0.2, -0.15) is 0 Å². The van der Waals surface area contributed by atoms with Crippen LogP contribution in [0.15, 0.2) is 30.3 Å². The van der Waals surface area contributed by atoms with Crippen molar-refractivity contribution in [3.05, 3.63) is 51.5 Å². The number of aryl methyl sites for hydroxylation is 1. The van der Waals surface area contributed by atoms with Crippen LogP contribution < -0.4 is 0 Å². The minimum Gasteiger partial charge on any atom is -0.294 e. The van der Waals surface area contributed by atoms with E-state index in [0.29, 0.717) is 0 Å². The highest BCUT2D eigenvalue weighted by Gasteiger charge is 2.48. The molecule has 0 amide bonds. The van der Waals surface area contributed by atoms with Gasteiger partial charge in [-0.15, -0.1) is 11.3 Å². The second kappa shape index (κ2) is 4.02. The molecule has 0 unspecified atom stereocenters. The number of rotatable bonds is 3. The number of ketones is 1. The first kappa shape index (κ1) is 11.6. The van der Waals surface area contributed by atoms with Crippen molar-refractivity contribution in [3.63, 3.8) is 0 Å². The van der Waals surface area contributed by atoms with Gasteiger partial charge in [-0.25, -0.2) is 4.98 Å². The van der Waals surface area contributed by atoms with Crippen LogP contribution in [0.4, 0.5) is 0 Å². The van der Waals surface area contributed by atoms with Crippen molar-refractivity contribution in [1.82, 2.24) is 4.98 Å². The Labute approximate surface area is 111 Å². The molecule has 2 nitrogen and oxygen atoms in total. The number of benzene rings is 1. The highest BCUT2D eigenvalue weighted by atomic mass is 32.1. The van der Waals surface area contributed by atoms with Gasteiger partial charge in [0.05, 0.1) is 10.6 Å². The van der Waals surface area contributed by atoms with Crippen LogP contribution in [-0.4, -0.2) is 10.8 Å². The number of nitrogens with zero attached hydrogens (tertiary/aromatic N) is 1. The molecule has 1 aliphatic carbocycles. The molecule has 1 aromatic carbocycles. The summed E-state index contributed by atoms with van der Waals surface area (Å²) in [5.74, 6) is 0.125. The van der Waals surface area contributed by atoms with E-state index < -0.39 is 0 Å². The molecule has 3 heteroatoms. The van der Waals surface area contributed by atoms with Crippen LogP contribution in [0, 0.1) is 6.92 Å². The fourth-order valence-corrected chi connectivity index (χ4v) is 3.67. The number of thiazole rings is 1. The summed E-state index contributed by atoms with van der Waals surface area (Å²) in [7, 11) is 0. The van der Waals surface area contributed by atoms with Crippen LogP contribution in [0.3, 0.4) is 0 Å². The highest BCUT2D eigenvalue weighted by Crippen LogP contribution is 2.54. The molecule has 1 saturated carbocycles. The van der Waals surface area contributed by atoms with Crippen molar-refractivity contribution in [1.29, 1.82) is 0 Å². The van der Waals surface area contributed by atoms with Gasteiger partial charge in [0.15, 0.2) is 5.78 Å². The quantitative estimate of drug-likeness (QED) is 0.784. The third-order valence-corrected chi connectivity index (χ3v) is 5.06. The molecule has 0 aliphatic heterocycles. The molecule has 1 aromatic heterocycles. The van der Waals surface area contributed by atoms with Crippen LogP contribution in [0.5, 0.6) is 0 Å². The first-order valence-corrected chi connectivity index (χ1v) is 6.99. The van der Waals surface area contributed by atoms with Crippen molar-refractivity contribution in [2.45, 2.75) is 32.1 Å². The Balaban J connectivity index is 2.06. The van der Waals surface area contributed by atoms with Gasteiger partial charge in [0.2, 0.25) is 0 Å². The highest BCUT2D eigenvalue weighted by molar-refractivity contribution is 7.14. The minimum absolute atomic E-state index is 0.0877. The number of hydrogen-bond acceptors (Lipinski definition) is 3. The summed E-state index contributed by atoms with van der Waals surface area (Å²) in [6.45, 7) is 3.55. The number of carbonyl (C=O) groups is 1. The maximum atomic E-state index is 11.5. The Morgan fingerprint density at radius 1 is 1.28 bits per heavy atom. The Morgan fingerprint density at radius 3 is 2.44 bits per heavy atom. The summed E-state index contributed by atoms with van der Waals surface area (Å²) >= 11 is 1.57. The van der Waals surface area contributed by atoms with Crippen LogP contribution in [0.25, 0.3) is 0 Å². The molecular weight excluding hydrogens is 242 g/mol. The van der Waals surface area contributed by atoms with Gasteiger partial charge in [0.1, 0.15) is 5.01 Å². The summed E-state index contributed by atoms with van der Waals surface area (Å²) in [6.07, 6.45) is 2.28. The van der Waals surface area contributed by atoms with Crippen LogP contribution in [-0.2, 0) is 5.41 Å². The lowest BCUT2D eigenvalue weighted by Gasteiger charge is -2.11. The van der Waals surface area contributed by atoms with Gasteiger partial charge >= 0.3 is 0 Å². The van der Waals surface area contributed by atoms with Crippen LogP contribution >= 0.6 is 11.3 Å². The van der Waals surface area contributed by atoms with Crippen molar-refractivity contribution in [2.24, 2.45) is 0 Å². The average molecular weight is 257 g/mol. The predicted octanol–water partition coefficient (Wildman–Crippen LogP) is 3.73. The fourth-order valence-electron chi connectivity index (χ4n) is 2.44. The molecule has 0 bridgehead atoms. The predicted molar refractivity (Wildman–Crippen MR) is 73.3 cm³/mol. The summed E-state index contributed by atoms with van der Waals surface area (Å²) in [5, 5.41) is 1.11. The molecule has 0 radical (unpaired) electrons. The normalized spacial score (nSPS) is 16.6. The zero-order valence-corrected chi connectivity index (χ0v) is 11.4. The Bertz CT molecular complexity index is 596. The largest absolute Gasteiger partial charge is 0.294 e. The molecular formula is C15H15NOS. The summed E-state index contributed by atoms with van der Waals surface area (Å²) in [6, 6.07) is 10.5. The standard InChI is InChI=1S/C15H15NOS/c1-10-13(11(2)17)18-14(16-10)15(8-9-15)12-6-4-3-5-7-12/h3-7H,8-9H2,1-2H3. The van der Waals surface area contributed by atoms with Crippen molar-refractivity contribution in [2.75, 3.05) is 0 Å². The van der Waals surface area contributed by atoms with Crippen LogP contribution in [0.1, 0.15) is 45.7 Å². The van der Waals surface area contributed by atoms with Gasteiger partial charge in [-0.1, -0.05) is 30.3 Å². The van der Waals surface area contributed by atoms with Crippen molar-refractivity contribution >= 4 is 17.1 Å². The third kappa shape index (κ3) is 1.70. The summed E-state index contributed by atoms with van der Waals surface area (Å²) in [5.41, 5.74) is 2.29. The maximum absolute atomic E-state index is 11.5. The van der Waals surface area contributed by atoms with Gasteiger partial charge in [-0.05, 0) is 25.3 Å². The van der Waals surface area contributed by atoms with E-state index in [-0.39, 0.29) is 11.2 Å². The monoisotopic (exact) mass is 257 g/mol. The Morgan fingerprint density at radius 2 is 1.94 bits per heavy atom. The molecule has 92 valence electrons. The first-order chi connectivity index (χ1) is 8.63. The Hall–Kier alpha value is -1.48. The summed E-state index contributed by atoms with van der Waals surface area (Å²) in [4.78, 5) is 17.0. The first-order valence-electron chi connectivity index (χ1n) is 6.18. The molecule has 3 rings (SSSR count). The van der Waals surface area contributed by atoms with Gasteiger partial charge < -0.3 is 0 Å². The van der Waals surface area contributed by atoms with Gasteiger partial charge in [-0.3, -0.25) is 4.79 Å². The van der Waals surface area contributed by atoms with Gasteiger partial charge in [0.25, 0.3) is 0 Å². The van der Waals surface area contributed by atoms with Crippen LogP contribution in [0.2, 0.25) is 0 Å². The minimum atomic E-state index is 0.0877. The topological polar surface area (TPSA) is 30.0 Å². The molecule has 1 fully saturated rings. The Kier molecular flexibility index (Phi) is 2.59. The fraction of sp³-hybridized carbons (Fsp3) is 0.333. The van der Waals surface area contributed by atoms with Gasteiger partial charge in [0, 0.05) is 12.3 Å². The average Bonchev–Trinajstić information content (AvgIpc) is 3.08. The maximum Gasteiger partial charge on any atom is 0.171 e. The lowest BCUT2D eigenvalue weighted by atomic mass is 9.97.